The third-order valence-corrected chi connectivity index (χ3v) is 5.26. The maximum atomic E-state index is 15.5. The summed E-state index contributed by atoms with van der Waals surface area (Å²) >= 11 is 6.28. The van der Waals surface area contributed by atoms with E-state index in [2.05, 4.69) is 31.8 Å². The Bertz CT molecular complexity index is 1360. The van der Waals surface area contributed by atoms with Crippen molar-refractivity contribution >= 4 is 17.5 Å². The van der Waals surface area contributed by atoms with Gasteiger partial charge in [0, 0.05) is 34.9 Å². The summed E-state index contributed by atoms with van der Waals surface area (Å²) in [5.74, 6) is 4.98. The summed E-state index contributed by atoms with van der Waals surface area (Å²) in [7, 11) is 0. The number of hydrogen-bond acceptors (Lipinski definition) is 5. The first-order chi connectivity index (χ1) is 15.8. The number of benzene rings is 1. The average Bonchev–Trinajstić information content (AvgIpc) is 2.74. The van der Waals surface area contributed by atoms with E-state index in [0.29, 0.717) is 11.4 Å². The zero-order valence-electron chi connectivity index (χ0n) is 19.6. The molecule has 0 unspecified atom stereocenters. The summed E-state index contributed by atoms with van der Waals surface area (Å²) in [6.45, 7) is 9.18. The number of rotatable bonds is 5. The number of H-pyrrole nitrogens is 1. The zero-order valence-corrected chi connectivity index (χ0v) is 20.3. The van der Waals surface area contributed by atoms with Gasteiger partial charge < -0.3 is 10.7 Å². The quantitative estimate of drug-likeness (QED) is 0.531. The van der Waals surface area contributed by atoms with Crippen molar-refractivity contribution in [3.63, 3.8) is 0 Å². The molecule has 0 aliphatic carbocycles. The molecule has 0 saturated heterocycles. The van der Waals surface area contributed by atoms with E-state index in [-0.39, 0.29) is 39.5 Å². The molecule has 0 bridgehead atoms. The van der Waals surface area contributed by atoms with Crippen LogP contribution < -0.4 is 11.3 Å². The van der Waals surface area contributed by atoms with Crippen molar-refractivity contribution in [3.05, 3.63) is 63.2 Å². The van der Waals surface area contributed by atoms with Crippen molar-refractivity contribution < 1.29 is 9.18 Å². The molecule has 3 N–H and O–H groups in total. The molecule has 0 aliphatic rings. The van der Waals surface area contributed by atoms with Crippen molar-refractivity contribution in [1.29, 1.82) is 0 Å². The van der Waals surface area contributed by atoms with Gasteiger partial charge in [-0.25, -0.2) is 19.3 Å². The normalized spacial score (nSPS) is 11.6. The molecule has 0 fully saturated rings. The molecular weight excluding hydrogens is 457 g/mol. The van der Waals surface area contributed by atoms with Gasteiger partial charge in [-0.1, -0.05) is 37.4 Å². The predicted octanol–water partition coefficient (Wildman–Crippen LogP) is 4.14. The van der Waals surface area contributed by atoms with E-state index in [9.17, 15) is 9.59 Å². The van der Waals surface area contributed by atoms with Gasteiger partial charge in [-0.15, -0.1) is 0 Å². The van der Waals surface area contributed by atoms with Gasteiger partial charge in [0.2, 0.25) is 11.7 Å². The molecule has 0 radical (unpaired) electrons. The van der Waals surface area contributed by atoms with Gasteiger partial charge in [0.05, 0.1) is 16.3 Å². The van der Waals surface area contributed by atoms with Gasteiger partial charge in [-0.2, -0.15) is 0 Å². The molecule has 2 aromatic heterocycles. The summed E-state index contributed by atoms with van der Waals surface area (Å²) in [4.78, 5) is 39.4. The third-order valence-electron chi connectivity index (χ3n) is 4.95. The van der Waals surface area contributed by atoms with Gasteiger partial charge in [-0.3, -0.25) is 9.59 Å². The number of aromatic nitrogens is 4. The number of carbonyl (C=O) groups is 1. The van der Waals surface area contributed by atoms with Crippen LogP contribution in [0.3, 0.4) is 0 Å². The molecule has 1 amide bonds. The van der Waals surface area contributed by atoms with E-state index in [0.717, 1.165) is 0 Å². The number of aromatic amines is 1. The first-order valence-corrected chi connectivity index (χ1v) is 10.9. The lowest BCUT2D eigenvalue weighted by Crippen LogP contribution is -2.33. The molecule has 9 heteroatoms. The largest absolute Gasteiger partial charge is 0.369 e. The van der Waals surface area contributed by atoms with Crippen LogP contribution >= 0.6 is 11.6 Å². The van der Waals surface area contributed by atoms with Crippen molar-refractivity contribution in [2.75, 3.05) is 0 Å². The van der Waals surface area contributed by atoms with Crippen LogP contribution in [0.4, 0.5) is 4.39 Å². The van der Waals surface area contributed by atoms with Crippen LogP contribution in [0.25, 0.3) is 22.6 Å². The van der Waals surface area contributed by atoms with Gasteiger partial charge in [0.15, 0.2) is 0 Å². The van der Waals surface area contributed by atoms with E-state index in [1.165, 1.54) is 30.6 Å². The smallest absolute Gasteiger partial charge is 0.251 e. The van der Waals surface area contributed by atoms with Crippen LogP contribution in [0.2, 0.25) is 5.02 Å². The number of amides is 1. The van der Waals surface area contributed by atoms with Crippen LogP contribution in [-0.4, -0.2) is 25.8 Å². The summed E-state index contributed by atoms with van der Waals surface area (Å²) in [5, 5.41) is 0.0579. The highest BCUT2D eigenvalue weighted by Crippen LogP contribution is 2.33. The van der Waals surface area contributed by atoms with Crippen LogP contribution in [0, 0.1) is 28.5 Å². The number of hydrogen-bond donors (Lipinski definition) is 2. The predicted molar refractivity (Wildman–Crippen MR) is 129 cm³/mol. The Balaban J connectivity index is 2.05. The van der Waals surface area contributed by atoms with Gasteiger partial charge in [0.1, 0.15) is 11.6 Å². The van der Waals surface area contributed by atoms with Crippen molar-refractivity contribution in [2.24, 2.45) is 16.6 Å². The molecular formula is C25H25ClFN5O2. The Kier molecular flexibility index (Phi) is 6.89. The standard InChI is InChI=1S/C25H25ClFN5O2/c1-24(2,3)9-8-18-29-12-15(13-30-18)17-10-19(33)32-22(31-17)20-16(26)7-6-14(21(20)27)11-25(4,5)23(28)34/h6-7,10,12-13H,11H2,1-5H3,(H2,28,34)(H,31,32,33). The highest BCUT2D eigenvalue weighted by atomic mass is 35.5. The van der Waals surface area contributed by atoms with E-state index >= 15 is 4.39 Å². The molecule has 2 heterocycles. The fourth-order valence-electron chi connectivity index (χ4n) is 3.00. The third kappa shape index (κ3) is 5.86. The number of nitrogens with zero attached hydrogens (tertiary/aromatic N) is 3. The number of primary amides is 1. The average molecular weight is 482 g/mol. The maximum absolute atomic E-state index is 15.5. The van der Waals surface area contributed by atoms with Crippen LogP contribution in [0.15, 0.2) is 35.4 Å². The molecule has 176 valence electrons. The minimum absolute atomic E-state index is 0.0488. The Morgan fingerprint density at radius 3 is 2.41 bits per heavy atom. The van der Waals surface area contributed by atoms with Gasteiger partial charge in [0.25, 0.3) is 5.56 Å². The molecule has 0 spiro atoms. The zero-order chi connectivity index (χ0) is 25.3. The van der Waals surface area contributed by atoms with Gasteiger partial charge >= 0.3 is 0 Å². The lowest BCUT2D eigenvalue weighted by atomic mass is 9.84. The summed E-state index contributed by atoms with van der Waals surface area (Å²) in [5.41, 5.74) is 4.59. The Morgan fingerprint density at radius 2 is 1.82 bits per heavy atom. The Morgan fingerprint density at radius 1 is 1.18 bits per heavy atom. The van der Waals surface area contributed by atoms with E-state index in [1.54, 1.807) is 13.8 Å². The SMILES string of the molecule is CC(C)(C)C#Cc1ncc(-c2cc(=O)[nH]c(-c3c(Cl)ccc(CC(C)(C)C(N)=O)c3F)n2)cn1. The second-order valence-corrected chi connectivity index (χ2v) is 10.0. The van der Waals surface area contributed by atoms with Crippen LogP contribution in [0.1, 0.15) is 46.0 Å². The number of carbonyl (C=O) groups excluding carboxylic acids is 1. The molecule has 3 aromatic rings. The van der Waals surface area contributed by atoms with Crippen molar-refractivity contribution in [3.8, 4) is 34.5 Å². The number of halogens is 2. The first kappa shape index (κ1) is 25.1. The lowest BCUT2D eigenvalue weighted by Gasteiger charge is -2.21. The minimum atomic E-state index is -0.983. The summed E-state index contributed by atoms with van der Waals surface area (Å²) < 4.78 is 15.5. The maximum Gasteiger partial charge on any atom is 0.251 e. The molecule has 7 nitrogen and oxygen atoms in total. The topological polar surface area (TPSA) is 115 Å². The number of nitrogens with one attached hydrogen (secondary N) is 1. The van der Waals surface area contributed by atoms with Crippen molar-refractivity contribution in [1.82, 2.24) is 19.9 Å². The summed E-state index contributed by atoms with van der Waals surface area (Å²) in [6.07, 6.45) is 3.04. The van der Waals surface area contributed by atoms with E-state index < -0.39 is 22.7 Å². The number of nitrogens with two attached hydrogens (primary N) is 1. The fraction of sp³-hybridized carbons (Fsp3) is 0.320. The lowest BCUT2D eigenvalue weighted by molar-refractivity contribution is -0.125. The van der Waals surface area contributed by atoms with Crippen LogP contribution in [0.5, 0.6) is 0 Å². The molecule has 3 rings (SSSR count). The summed E-state index contributed by atoms with van der Waals surface area (Å²) in [6, 6.07) is 4.23. The fourth-order valence-corrected chi connectivity index (χ4v) is 3.24. The molecule has 0 saturated carbocycles. The monoisotopic (exact) mass is 481 g/mol. The second-order valence-electron chi connectivity index (χ2n) is 9.59. The van der Waals surface area contributed by atoms with Crippen LogP contribution in [-0.2, 0) is 11.2 Å². The first-order valence-electron chi connectivity index (χ1n) is 10.5. The second kappa shape index (κ2) is 9.35. The minimum Gasteiger partial charge on any atom is -0.369 e. The van der Waals surface area contributed by atoms with Crippen molar-refractivity contribution in [2.45, 2.75) is 41.0 Å². The van der Waals surface area contributed by atoms with E-state index in [4.69, 9.17) is 17.3 Å². The highest BCUT2D eigenvalue weighted by molar-refractivity contribution is 6.33. The molecule has 34 heavy (non-hydrogen) atoms. The highest BCUT2D eigenvalue weighted by Gasteiger charge is 2.28. The van der Waals surface area contributed by atoms with Gasteiger partial charge in [-0.05, 0) is 44.7 Å². The Labute approximate surface area is 202 Å². The molecule has 0 aliphatic heterocycles. The molecule has 1 aromatic carbocycles. The molecule has 0 atom stereocenters. The Hall–Kier alpha value is -3.57. The van der Waals surface area contributed by atoms with E-state index in [1.807, 2.05) is 20.8 Å².